The van der Waals surface area contributed by atoms with E-state index in [9.17, 15) is 10.2 Å². The molecule has 4 heteroatoms. The van der Waals surface area contributed by atoms with Crippen LogP contribution in [0, 0.1) is 0 Å². The third kappa shape index (κ3) is 3.75. The number of hydrogen-bond donors (Lipinski definition) is 2. The molecule has 194 valence electrons. The fourth-order valence-corrected chi connectivity index (χ4v) is 6.47. The van der Waals surface area contributed by atoms with Crippen LogP contribution >= 0.6 is 0 Å². The molecule has 1 aliphatic carbocycles. The van der Waals surface area contributed by atoms with E-state index in [2.05, 4.69) is 0 Å². The molecular formula is C34H34O4. The predicted molar refractivity (Wildman–Crippen MR) is 147 cm³/mol. The lowest BCUT2D eigenvalue weighted by atomic mass is 9.66. The molecule has 2 N–H and O–H groups in total. The molecule has 4 aromatic rings. The molecule has 1 saturated carbocycles. The number of ether oxygens (including phenoxy) is 2. The zero-order valence-electron chi connectivity index (χ0n) is 21.5. The summed E-state index contributed by atoms with van der Waals surface area (Å²) in [5.74, 6) is -1.90. The Balaban J connectivity index is 1.70. The molecule has 1 saturated heterocycles. The van der Waals surface area contributed by atoms with E-state index in [1.807, 2.05) is 121 Å². The molecule has 0 aromatic heterocycles. The van der Waals surface area contributed by atoms with Gasteiger partial charge in [-0.3, -0.25) is 0 Å². The molecule has 2 fully saturated rings. The summed E-state index contributed by atoms with van der Waals surface area (Å²) in [6.45, 7) is 0.289. The van der Waals surface area contributed by atoms with Crippen LogP contribution in [0.1, 0.15) is 54.4 Å². The summed E-state index contributed by atoms with van der Waals surface area (Å²) in [5.41, 5.74) is -1.98. The number of hydrogen-bond acceptors (Lipinski definition) is 4. The summed E-state index contributed by atoms with van der Waals surface area (Å²) in [7, 11) is 0. The minimum Gasteiger partial charge on any atom is -0.375 e. The summed E-state index contributed by atoms with van der Waals surface area (Å²) >= 11 is 0. The monoisotopic (exact) mass is 506 g/mol. The van der Waals surface area contributed by atoms with E-state index in [0.717, 1.165) is 32.1 Å². The van der Waals surface area contributed by atoms with Gasteiger partial charge in [0.2, 0.25) is 5.79 Å². The van der Waals surface area contributed by atoms with Crippen LogP contribution in [0.3, 0.4) is 0 Å². The molecular weight excluding hydrogens is 472 g/mol. The average Bonchev–Trinajstić information content (AvgIpc) is 3.38. The smallest absolute Gasteiger partial charge is 0.245 e. The summed E-state index contributed by atoms with van der Waals surface area (Å²) in [5, 5.41) is 26.5. The Bertz CT molecular complexity index is 1160. The van der Waals surface area contributed by atoms with E-state index >= 15 is 0 Å². The van der Waals surface area contributed by atoms with E-state index < -0.39 is 22.6 Å². The topological polar surface area (TPSA) is 58.9 Å². The van der Waals surface area contributed by atoms with Crippen molar-refractivity contribution >= 4 is 0 Å². The highest BCUT2D eigenvalue weighted by molar-refractivity contribution is 5.48. The van der Waals surface area contributed by atoms with Crippen molar-refractivity contribution < 1.29 is 19.7 Å². The van der Waals surface area contributed by atoms with E-state index in [1.165, 1.54) is 0 Å². The van der Waals surface area contributed by atoms with Crippen molar-refractivity contribution in [2.45, 2.75) is 54.7 Å². The molecule has 6 rings (SSSR count). The summed E-state index contributed by atoms with van der Waals surface area (Å²) < 4.78 is 14.1. The van der Waals surface area contributed by atoms with Gasteiger partial charge in [-0.1, -0.05) is 141 Å². The Kier molecular flexibility index (Phi) is 6.45. The fraction of sp³-hybridized carbons (Fsp3) is 0.294. The van der Waals surface area contributed by atoms with Gasteiger partial charge in [-0.15, -0.1) is 0 Å². The van der Waals surface area contributed by atoms with Crippen LogP contribution < -0.4 is 0 Å². The first-order chi connectivity index (χ1) is 18.5. The van der Waals surface area contributed by atoms with Crippen LogP contribution in [0.5, 0.6) is 0 Å². The first-order valence-electron chi connectivity index (χ1n) is 13.6. The van der Waals surface area contributed by atoms with Gasteiger partial charge in [-0.2, -0.15) is 0 Å². The lowest BCUT2D eigenvalue weighted by molar-refractivity contribution is -0.348. The van der Waals surface area contributed by atoms with Gasteiger partial charge in [0.05, 0.1) is 12.2 Å². The van der Waals surface area contributed by atoms with E-state index in [-0.39, 0.29) is 6.61 Å². The zero-order chi connectivity index (χ0) is 26.1. The summed E-state index contributed by atoms with van der Waals surface area (Å²) in [6.07, 6.45) is 4.80. The van der Waals surface area contributed by atoms with Crippen molar-refractivity contribution in [2.75, 3.05) is 6.61 Å². The maximum absolute atomic E-state index is 13.3. The fourth-order valence-electron chi connectivity index (χ4n) is 6.47. The number of benzene rings is 4. The van der Waals surface area contributed by atoms with E-state index in [4.69, 9.17) is 9.47 Å². The largest absolute Gasteiger partial charge is 0.375 e. The van der Waals surface area contributed by atoms with Gasteiger partial charge in [-0.05, 0) is 35.1 Å². The van der Waals surface area contributed by atoms with Crippen molar-refractivity contribution in [1.82, 2.24) is 0 Å². The molecule has 0 radical (unpaired) electrons. The highest BCUT2D eigenvalue weighted by atomic mass is 16.8. The second kappa shape index (κ2) is 9.79. The number of aliphatic hydroxyl groups is 2. The molecule has 2 aliphatic rings. The van der Waals surface area contributed by atoms with Gasteiger partial charge in [0, 0.05) is 0 Å². The Labute approximate surface area is 224 Å². The standard InChI is InChI=1S/C34H34O4/c35-32(27-16-6-1-7-17-27,28-18-8-2-9-19-28)34(37-26-31(38-34)24-14-5-15-25-31)33(36,29-20-10-3-11-21-29)30-22-12-4-13-23-30/h1-4,6-13,16-23,35-36H,5,14-15,24-26H2. The van der Waals surface area contributed by atoms with Gasteiger partial charge in [0.15, 0.2) is 11.2 Å². The molecule has 0 bridgehead atoms. The van der Waals surface area contributed by atoms with Crippen molar-refractivity contribution in [2.24, 2.45) is 0 Å². The molecule has 0 atom stereocenters. The van der Waals surface area contributed by atoms with Crippen molar-refractivity contribution in [1.29, 1.82) is 0 Å². The van der Waals surface area contributed by atoms with Gasteiger partial charge >= 0.3 is 0 Å². The van der Waals surface area contributed by atoms with Gasteiger partial charge in [0.25, 0.3) is 0 Å². The maximum atomic E-state index is 13.3. The second-order valence-electron chi connectivity index (χ2n) is 10.6. The summed E-state index contributed by atoms with van der Waals surface area (Å²) in [6, 6.07) is 37.9. The van der Waals surface area contributed by atoms with Crippen molar-refractivity contribution in [3.63, 3.8) is 0 Å². The maximum Gasteiger partial charge on any atom is 0.245 e. The zero-order valence-corrected chi connectivity index (χ0v) is 21.5. The first-order valence-corrected chi connectivity index (χ1v) is 13.6. The van der Waals surface area contributed by atoms with Crippen molar-refractivity contribution in [3.8, 4) is 0 Å². The molecule has 0 amide bonds. The normalized spacial score (nSPS) is 18.9. The minimum atomic E-state index is -1.90. The third-order valence-electron chi connectivity index (χ3n) is 8.38. The lowest BCUT2D eigenvalue weighted by Crippen LogP contribution is -2.67. The highest BCUT2D eigenvalue weighted by Crippen LogP contribution is 2.60. The first kappa shape index (κ1) is 25.0. The van der Waals surface area contributed by atoms with Crippen LogP contribution in [0.25, 0.3) is 0 Å². The Morgan fingerprint density at radius 1 is 0.500 bits per heavy atom. The Morgan fingerprint density at radius 2 is 0.842 bits per heavy atom. The van der Waals surface area contributed by atoms with Gasteiger partial charge < -0.3 is 19.7 Å². The van der Waals surface area contributed by atoms with Crippen LogP contribution in [-0.4, -0.2) is 28.2 Å². The minimum absolute atomic E-state index is 0.289. The Morgan fingerprint density at radius 3 is 1.18 bits per heavy atom. The van der Waals surface area contributed by atoms with Crippen molar-refractivity contribution in [3.05, 3.63) is 144 Å². The molecule has 4 nitrogen and oxygen atoms in total. The number of rotatable bonds is 6. The highest BCUT2D eigenvalue weighted by Gasteiger charge is 2.73. The van der Waals surface area contributed by atoms with Crippen LogP contribution in [0.4, 0.5) is 0 Å². The quantitative estimate of drug-likeness (QED) is 0.322. The van der Waals surface area contributed by atoms with Crippen LogP contribution in [0.15, 0.2) is 121 Å². The van der Waals surface area contributed by atoms with Gasteiger partial charge in [0.1, 0.15) is 0 Å². The molecule has 1 spiro atoms. The van der Waals surface area contributed by atoms with Crippen LogP contribution in [-0.2, 0) is 20.7 Å². The average molecular weight is 507 g/mol. The third-order valence-corrected chi connectivity index (χ3v) is 8.38. The molecule has 1 heterocycles. The molecule has 1 aliphatic heterocycles. The second-order valence-corrected chi connectivity index (χ2v) is 10.6. The molecule has 38 heavy (non-hydrogen) atoms. The van der Waals surface area contributed by atoms with E-state index in [1.54, 1.807) is 0 Å². The Hall–Kier alpha value is -3.28. The molecule has 0 unspecified atom stereocenters. The predicted octanol–water partition coefficient (Wildman–Crippen LogP) is 6.30. The SMILES string of the molecule is OC(c1ccccc1)(c1ccccc1)C1(C(O)(c2ccccc2)c2ccccc2)OCC2(CCCCC2)O1. The molecule has 4 aromatic carbocycles. The lowest BCUT2D eigenvalue weighted by Gasteiger charge is -2.53. The van der Waals surface area contributed by atoms with E-state index in [0.29, 0.717) is 22.3 Å². The summed E-state index contributed by atoms with van der Waals surface area (Å²) in [4.78, 5) is 0. The van der Waals surface area contributed by atoms with Crippen LogP contribution in [0.2, 0.25) is 0 Å². The van der Waals surface area contributed by atoms with Gasteiger partial charge in [-0.25, -0.2) is 0 Å².